The van der Waals surface area contributed by atoms with Gasteiger partial charge < -0.3 is 0 Å². The molecule has 0 aliphatic rings. The van der Waals surface area contributed by atoms with Gasteiger partial charge in [0.05, 0.1) is 22.1 Å². The van der Waals surface area contributed by atoms with Gasteiger partial charge in [0.25, 0.3) is 0 Å². The van der Waals surface area contributed by atoms with E-state index in [2.05, 4.69) is 362 Å². The van der Waals surface area contributed by atoms with Gasteiger partial charge in [0, 0.05) is 23.4 Å². The number of aromatic nitrogens is 4. The number of para-hydroxylation sites is 5. The summed E-state index contributed by atoms with van der Waals surface area (Å²) in [4.78, 5) is 10.3. The molecule has 458 valence electrons. The number of benzene rings is 17. The Labute approximate surface area is 567 Å². The highest BCUT2D eigenvalue weighted by molar-refractivity contribution is 6.25. The van der Waals surface area contributed by atoms with E-state index in [1.165, 1.54) is 115 Å². The van der Waals surface area contributed by atoms with Crippen LogP contribution >= 0.6 is 0 Å². The lowest BCUT2D eigenvalue weighted by Gasteiger charge is -2.21. The maximum Gasteiger partial charge on any atom is 0.145 e. The molecule has 17 aromatic carbocycles. The second-order valence-corrected chi connectivity index (χ2v) is 25.8. The molecule has 0 aliphatic carbocycles. The predicted octanol–water partition coefficient (Wildman–Crippen LogP) is 25.2. The average Bonchev–Trinajstić information content (AvgIpc) is 0.799. The number of fused-ring (bicyclic) bond motifs is 8. The maximum absolute atomic E-state index is 5.24. The third kappa shape index (κ3) is 9.52. The second-order valence-electron chi connectivity index (χ2n) is 25.8. The fraction of sp³-hybridized carbons (Fsp3) is 0.0213. The second kappa shape index (κ2) is 23.3. The van der Waals surface area contributed by atoms with E-state index in [1.54, 1.807) is 0 Å². The number of imidazole rings is 2. The van der Waals surface area contributed by atoms with Crippen LogP contribution in [0.25, 0.3) is 187 Å². The van der Waals surface area contributed by atoms with Gasteiger partial charge in [-0.25, -0.2) is 9.97 Å². The molecule has 0 N–H and O–H groups in total. The molecular weight excluding hydrogens is 1190 g/mol. The van der Waals surface area contributed by atoms with Crippen LogP contribution in [-0.4, -0.2) is 19.1 Å². The van der Waals surface area contributed by atoms with E-state index < -0.39 is 0 Å². The highest BCUT2D eigenvalue weighted by Crippen LogP contribution is 2.50. The zero-order valence-corrected chi connectivity index (χ0v) is 53.9. The lowest BCUT2D eigenvalue weighted by atomic mass is 9.82. The molecule has 0 atom stereocenters. The van der Waals surface area contributed by atoms with Crippen molar-refractivity contribution in [2.45, 2.75) is 13.3 Å². The summed E-state index contributed by atoms with van der Waals surface area (Å²) < 4.78 is 4.59. The molecule has 2 aromatic heterocycles. The average molecular weight is 1250 g/mol. The molecule has 0 spiro atoms. The van der Waals surface area contributed by atoms with Crippen LogP contribution in [0.2, 0.25) is 0 Å². The molecule has 0 radical (unpaired) electrons. The molecule has 4 nitrogen and oxygen atoms in total. The third-order valence-electron chi connectivity index (χ3n) is 20.2. The first kappa shape index (κ1) is 56.8. The van der Waals surface area contributed by atoms with Crippen molar-refractivity contribution in [1.29, 1.82) is 0 Å². The molecule has 0 saturated heterocycles. The largest absolute Gasteiger partial charge is 0.296 e. The summed E-state index contributed by atoms with van der Waals surface area (Å²) in [6.45, 7) is 2.19. The summed E-state index contributed by atoms with van der Waals surface area (Å²) in [6, 6.07) is 128. The minimum absolute atomic E-state index is 0.820. The van der Waals surface area contributed by atoms with E-state index in [0.717, 1.165) is 84.9 Å². The van der Waals surface area contributed by atoms with Crippen LogP contribution in [0.3, 0.4) is 0 Å². The Balaban J connectivity index is 0.839. The fourth-order valence-corrected chi connectivity index (χ4v) is 15.6. The monoisotopic (exact) mass is 1250 g/mol. The SMILES string of the molecule is CCc1nc2ccccc2n1-c1ccc(-c2c3ccccc3c(-c3ccc(-c4ccccc4)cc3)c3ccc(-c4ccc5c(-c6ccc7ccccc7c6)c6ccc(-c7ccc(-c8nc9ccccc9n8-c8ccccc8)cc7)cc6c(-c6ccc7ccccc7c6)c5c4)cc23)cc1. The molecule has 0 fully saturated rings. The Hall–Kier alpha value is -12.8. The summed E-state index contributed by atoms with van der Waals surface area (Å²) in [5.74, 6) is 1.95. The Morgan fingerprint density at radius 1 is 0.224 bits per heavy atom. The molecular formula is C94H62N4. The summed E-state index contributed by atoms with van der Waals surface area (Å²) >= 11 is 0. The summed E-state index contributed by atoms with van der Waals surface area (Å²) in [7, 11) is 0. The first-order valence-electron chi connectivity index (χ1n) is 33.9. The van der Waals surface area contributed by atoms with Crippen LogP contribution in [0.1, 0.15) is 12.7 Å². The lowest BCUT2D eigenvalue weighted by Crippen LogP contribution is -2.00. The van der Waals surface area contributed by atoms with Crippen molar-refractivity contribution in [3.8, 4) is 101 Å². The van der Waals surface area contributed by atoms with E-state index >= 15 is 0 Å². The van der Waals surface area contributed by atoms with Crippen LogP contribution in [-0.2, 0) is 6.42 Å². The lowest BCUT2D eigenvalue weighted by molar-refractivity contribution is 0.908. The molecule has 19 aromatic rings. The van der Waals surface area contributed by atoms with Gasteiger partial charge in [0.2, 0.25) is 0 Å². The smallest absolute Gasteiger partial charge is 0.145 e. The minimum Gasteiger partial charge on any atom is -0.296 e. The first-order chi connectivity index (χ1) is 48.5. The van der Waals surface area contributed by atoms with Crippen molar-refractivity contribution in [3.05, 3.63) is 352 Å². The van der Waals surface area contributed by atoms with Gasteiger partial charge in [-0.3, -0.25) is 9.13 Å². The topological polar surface area (TPSA) is 35.6 Å². The van der Waals surface area contributed by atoms with Crippen LogP contribution in [0.15, 0.2) is 346 Å². The number of hydrogen-bond donors (Lipinski definition) is 0. The summed E-state index contributed by atoms with van der Waals surface area (Å²) in [6.07, 6.45) is 0.820. The van der Waals surface area contributed by atoms with Gasteiger partial charge in [0.1, 0.15) is 11.6 Å². The van der Waals surface area contributed by atoms with Gasteiger partial charge in [-0.2, -0.15) is 0 Å². The molecule has 0 aliphatic heterocycles. The Bertz CT molecular complexity index is 6360. The predicted molar refractivity (Wildman–Crippen MR) is 414 cm³/mol. The van der Waals surface area contributed by atoms with Crippen molar-refractivity contribution in [2.75, 3.05) is 0 Å². The molecule has 19 rings (SSSR count). The van der Waals surface area contributed by atoms with Crippen LogP contribution < -0.4 is 0 Å². The Morgan fingerprint density at radius 3 is 1.12 bits per heavy atom. The van der Waals surface area contributed by atoms with E-state index in [-0.39, 0.29) is 0 Å². The Morgan fingerprint density at radius 2 is 0.571 bits per heavy atom. The third-order valence-corrected chi connectivity index (χ3v) is 20.2. The van der Waals surface area contributed by atoms with Crippen molar-refractivity contribution < 1.29 is 0 Å². The molecule has 0 bridgehead atoms. The van der Waals surface area contributed by atoms with Crippen molar-refractivity contribution >= 4 is 86.7 Å². The number of aryl methyl sites for hydroxylation is 1. The van der Waals surface area contributed by atoms with Crippen molar-refractivity contribution in [2.24, 2.45) is 0 Å². The zero-order valence-electron chi connectivity index (χ0n) is 53.9. The first-order valence-corrected chi connectivity index (χ1v) is 33.9. The number of nitrogens with zero attached hydrogens (tertiary/aromatic N) is 4. The van der Waals surface area contributed by atoms with Crippen LogP contribution in [0.5, 0.6) is 0 Å². The van der Waals surface area contributed by atoms with Crippen LogP contribution in [0.4, 0.5) is 0 Å². The van der Waals surface area contributed by atoms with Crippen molar-refractivity contribution in [1.82, 2.24) is 19.1 Å². The normalized spacial score (nSPS) is 11.8. The van der Waals surface area contributed by atoms with E-state index in [9.17, 15) is 0 Å². The summed E-state index contributed by atoms with van der Waals surface area (Å²) in [5, 5.41) is 14.4. The Kier molecular flexibility index (Phi) is 13.5. The zero-order chi connectivity index (χ0) is 64.8. The molecule has 2 heterocycles. The molecule has 0 unspecified atom stereocenters. The highest BCUT2D eigenvalue weighted by atomic mass is 15.1. The number of hydrogen-bond acceptors (Lipinski definition) is 2. The van der Waals surface area contributed by atoms with Crippen molar-refractivity contribution in [3.63, 3.8) is 0 Å². The quantitative estimate of drug-likeness (QED) is 0.121. The van der Waals surface area contributed by atoms with Gasteiger partial charge in [-0.05, 0) is 221 Å². The number of rotatable bonds is 11. The van der Waals surface area contributed by atoms with E-state index in [0.29, 0.717) is 0 Å². The van der Waals surface area contributed by atoms with Gasteiger partial charge >= 0.3 is 0 Å². The van der Waals surface area contributed by atoms with Gasteiger partial charge in [-0.1, -0.05) is 274 Å². The highest BCUT2D eigenvalue weighted by Gasteiger charge is 2.23. The summed E-state index contributed by atoms with van der Waals surface area (Å²) in [5.41, 5.74) is 23.9. The minimum atomic E-state index is 0.820. The van der Waals surface area contributed by atoms with E-state index in [1.807, 2.05) is 0 Å². The maximum atomic E-state index is 5.24. The molecule has 98 heavy (non-hydrogen) atoms. The molecule has 0 saturated carbocycles. The molecule has 4 heteroatoms. The fourth-order valence-electron chi connectivity index (χ4n) is 15.6. The van der Waals surface area contributed by atoms with Gasteiger partial charge in [0.15, 0.2) is 0 Å². The molecule has 0 amide bonds. The standard InChI is InChI=1S/C94H62N4/c1-2-89-95-85-29-15-17-31-87(85)97(89)76-50-45-66(46-51-76)91-78-28-14-13-27-77(78)90(65-39-33-63(34-40-65)60-19-5-3-6-20-60)79-53-48-71(58-82(79)91)72-49-54-81-84(59-72)93(74-44-38-62-22-10-12-24-69(62)56-74)83-57-70(47-52-80(83)92(81)73-43-37-61-21-9-11-23-68(61)55-73)64-35-41-67(42-36-64)94-96-86-30-16-18-32-88(86)98(94)75-25-7-4-8-26-75/h3-59H,2H2,1H3. The van der Waals surface area contributed by atoms with E-state index in [4.69, 9.17) is 9.97 Å². The van der Waals surface area contributed by atoms with Crippen LogP contribution in [0, 0.1) is 0 Å². The van der Waals surface area contributed by atoms with Gasteiger partial charge in [-0.15, -0.1) is 0 Å².